The van der Waals surface area contributed by atoms with Crippen LogP contribution < -0.4 is 10.2 Å². The first-order chi connectivity index (χ1) is 11.5. The van der Waals surface area contributed by atoms with Gasteiger partial charge in [0.2, 0.25) is 0 Å². The molecular formula is C19H30N3O2+. The van der Waals surface area contributed by atoms with Gasteiger partial charge in [0.1, 0.15) is 0 Å². The molecule has 1 heterocycles. The van der Waals surface area contributed by atoms with E-state index in [4.69, 9.17) is 4.74 Å². The Kier molecular flexibility index (Phi) is 5.41. The van der Waals surface area contributed by atoms with Crippen molar-refractivity contribution in [1.29, 1.82) is 0 Å². The number of carbonyl (C=O) groups excluding carboxylic acids is 1. The van der Waals surface area contributed by atoms with E-state index in [0.717, 1.165) is 36.5 Å². The third-order valence-electron chi connectivity index (χ3n) is 5.39. The molecule has 2 fully saturated rings. The highest BCUT2D eigenvalue weighted by molar-refractivity contribution is 5.91. The molecular weight excluding hydrogens is 302 g/mol. The van der Waals surface area contributed by atoms with E-state index < -0.39 is 0 Å². The van der Waals surface area contributed by atoms with Crippen molar-refractivity contribution in [3.05, 3.63) is 24.3 Å². The van der Waals surface area contributed by atoms with E-state index in [-0.39, 0.29) is 5.91 Å². The van der Waals surface area contributed by atoms with E-state index in [1.165, 1.54) is 31.4 Å². The number of nitrogens with one attached hydrogen (secondary N) is 1. The number of amides is 1. The van der Waals surface area contributed by atoms with Crippen LogP contribution in [0.2, 0.25) is 0 Å². The summed E-state index contributed by atoms with van der Waals surface area (Å²) in [6, 6.07) is 8.78. The van der Waals surface area contributed by atoms with Crippen LogP contribution in [-0.4, -0.2) is 63.4 Å². The highest BCUT2D eigenvalue weighted by atomic mass is 16.5. The van der Waals surface area contributed by atoms with Gasteiger partial charge in [0, 0.05) is 24.5 Å². The van der Waals surface area contributed by atoms with Gasteiger partial charge in [-0.05, 0) is 49.9 Å². The molecule has 0 unspecified atom stereocenters. The second-order valence-corrected chi connectivity index (χ2v) is 7.57. The predicted octanol–water partition coefficient (Wildman–Crippen LogP) is 2.48. The van der Waals surface area contributed by atoms with Crippen molar-refractivity contribution in [3.8, 4) is 0 Å². The van der Waals surface area contributed by atoms with Gasteiger partial charge in [-0.2, -0.15) is 0 Å². The lowest BCUT2D eigenvalue weighted by atomic mass is 10.2. The van der Waals surface area contributed by atoms with Crippen LogP contribution in [0.1, 0.15) is 25.7 Å². The molecule has 132 valence electrons. The number of hydrogen-bond acceptors (Lipinski definition) is 3. The standard InChI is InChI=1S/C19H29N3O2/c1-22(2,18-5-3-4-6-18)15-19(23)20-16-7-9-17(10-8-16)21-11-13-24-14-12-21/h7-10,18H,3-6,11-15H2,1-2H3/p+1. The Morgan fingerprint density at radius 1 is 1.17 bits per heavy atom. The molecule has 0 spiro atoms. The summed E-state index contributed by atoms with van der Waals surface area (Å²) >= 11 is 0. The van der Waals surface area contributed by atoms with Crippen LogP contribution in [0, 0.1) is 0 Å². The van der Waals surface area contributed by atoms with E-state index in [9.17, 15) is 4.79 Å². The smallest absolute Gasteiger partial charge is 0.279 e. The van der Waals surface area contributed by atoms with Crippen molar-refractivity contribution < 1.29 is 14.0 Å². The van der Waals surface area contributed by atoms with Gasteiger partial charge >= 0.3 is 0 Å². The van der Waals surface area contributed by atoms with Gasteiger partial charge in [-0.25, -0.2) is 0 Å². The summed E-state index contributed by atoms with van der Waals surface area (Å²) in [5.41, 5.74) is 2.07. The monoisotopic (exact) mass is 332 g/mol. The maximum Gasteiger partial charge on any atom is 0.279 e. The molecule has 1 saturated carbocycles. The van der Waals surface area contributed by atoms with Crippen LogP contribution in [0.4, 0.5) is 11.4 Å². The van der Waals surface area contributed by atoms with Crippen LogP contribution in [0.3, 0.4) is 0 Å². The highest BCUT2D eigenvalue weighted by Crippen LogP contribution is 2.26. The zero-order valence-electron chi connectivity index (χ0n) is 15.0. The minimum atomic E-state index is 0.103. The molecule has 0 aromatic heterocycles. The maximum absolute atomic E-state index is 12.4. The van der Waals surface area contributed by atoms with Gasteiger partial charge < -0.3 is 19.4 Å². The first kappa shape index (κ1) is 17.2. The molecule has 0 atom stereocenters. The zero-order valence-corrected chi connectivity index (χ0v) is 15.0. The maximum atomic E-state index is 12.4. The third kappa shape index (κ3) is 4.28. The minimum Gasteiger partial charge on any atom is -0.378 e. The van der Waals surface area contributed by atoms with Crippen molar-refractivity contribution in [2.24, 2.45) is 0 Å². The average Bonchev–Trinajstić information content (AvgIpc) is 3.11. The van der Waals surface area contributed by atoms with Crippen molar-refractivity contribution in [2.75, 3.05) is 57.2 Å². The summed E-state index contributed by atoms with van der Waals surface area (Å²) in [4.78, 5) is 14.7. The fraction of sp³-hybridized carbons (Fsp3) is 0.632. The van der Waals surface area contributed by atoms with Gasteiger partial charge in [0.15, 0.2) is 6.54 Å². The van der Waals surface area contributed by atoms with Crippen molar-refractivity contribution in [1.82, 2.24) is 0 Å². The molecule has 1 aliphatic carbocycles. The topological polar surface area (TPSA) is 41.6 Å². The first-order valence-electron chi connectivity index (χ1n) is 9.10. The van der Waals surface area contributed by atoms with E-state index >= 15 is 0 Å². The van der Waals surface area contributed by atoms with Crippen LogP contribution in [-0.2, 0) is 9.53 Å². The van der Waals surface area contributed by atoms with Gasteiger partial charge in [0.05, 0.1) is 33.4 Å². The van der Waals surface area contributed by atoms with Gasteiger partial charge in [-0.3, -0.25) is 4.79 Å². The lowest BCUT2D eigenvalue weighted by Crippen LogP contribution is -2.51. The summed E-state index contributed by atoms with van der Waals surface area (Å²) < 4.78 is 6.18. The molecule has 2 aliphatic rings. The van der Waals surface area contributed by atoms with Crippen molar-refractivity contribution >= 4 is 17.3 Å². The lowest BCUT2D eigenvalue weighted by molar-refractivity contribution is -0.906. The fourth-order valence-electron chi connectivity index (χ4n) is 3.88. The summed E-state index contributed by atoms with van der Waals surface area (Å²) in [6.45, 7) is 3.96. The van der Waals surface area contributed by atoms with Crippen LogP contribution in [0.15, 0.2) is 24.3 Å². The van der Waals surface area contributed by atoms with E-state index in [1.807, 2.05) is 12.1 Å². The van der Waals surface area contributed by atoms with Crippen LogP contribution in [0.5, 0.6) is 0 Å². The third-order valence-corrected chi connectivity index (χ3v) is 5.39. The molecule has 1 amide bonds. The Morgan fingerprint density at radius 3 is 2.42 bits per heavy atom. The second-order valence-electron chi connectivity index (χ2n) is 7.57. The highest BCUT2D eigenvalue weighted by Gasteiger charge is 2.32. The Balaban J connectivity index is 1.54. The number of carbonyl (C=O) groups is 1. The number of rotatable bonds is 5. The zero-order chi connectivity index (χ0) is 17.0. The Morgan fingerprint density at radius 2 is 1.79 bits per heavy atom. The number of morpholine rings is 1. The van der Waals surface area contributed by atoms with Crippen LogP contribution >= 0.6 is 0 Å². The molecule has 1 N–H and O–H groups in total. The minimum absolute atomic E-state index is 0.103. The van der Waals surface area contributed by atoms with E-state index in [2.05, 4.69) is 36.4 Å². The number of benzene rings is 1. The molecule has 1 aromatic carbocycles. The Hall–Kier alpha value is -1.59. The van der Waals surface area contributed by atoms with Crippen LogP contribution in [0.25, 0.3) is 0 Å². The largest absolute Gasteiger partial charge is 0.378 e. The summed E-state index contributed by atoms with van der Waals surface area (Å²) in [6.07, 6.45) is 5.09. The molecule has 5 heteroatoms. The number of nitrogens with zero attached hydrogens (tertiary/aromatic N) is 2. The van der Waals surface area contributed by atoms with E-state index in [1.54, 1.807) is 0 Å². The number of anilines is 2. The van der Waals surface area contributed by atoms with Gasteiger partial charge in [-0.1, -0.05) is 0 Å². The number of quaternary nitrogens is 1. The second kappa shape index (κ2) is 7.53. The lowest BCUT2D eigenvalue weighted by Gasteiger charge is -2.35. The number of ether oxygens (including phenoxy) is 1. The molecule has 1 saturated heterocycles. The molecule has 1 aliphatic heterocycles. The number of hydrogen-bond donors (Lipinski definition) is 1. The molecule has 5 nitrogen and oxygen atoms in total. The molecule has 3 rings (SSSR count). The van der Waals surface area contributed by atoms with Crippen molar-refractivity contribution in [2.45, 2.75) is 31.7 Å². The quantitative estimate of drug-likeness (QED) is 0.842. The van der Waals surface area contributed by atoms with Gasteiger partial charge in [-0.15, -0.1) is 0 Å². The summed E-state index contributed by atoms with van der Waals surface area (Å²) in [5.74, 6) is 0.103. The summed E-state index contributed by atoms with van der Waals surface area (Å²) in [5, 5.41) is 3.05. The summed E-state index contributed by atoms with van der Waals surface area (Å²) in [7, 11) is 4.36. The average molecular weight is 332 g/mol. The fourth-order valence-corrected chi connectivity index (χ4v) is 3.88. The van der Waals surface area contributed by atoms with E-state index in [0.29, 0.717) is 12.6 Å². The molecule has 24 heavy (non-hydrogen) atoms. The SMILES string of the molecule is C[N+](C)(CC(=O)Nc1ccc(N2CCOCC2)cc1)C1CCCC1. The number of likely N-dealkylation sites (N-methyl/N-ethyl adjacent to an activating group) is 1. The predicted molar refractivity (Wildman–Crippen MR) is 97.3 cm³/mol. The molecule has 0 bridgehead atoms. The van der Waals surface area contributed by atoms with Gasteiger partial charge in [0.25, 0.3) is 5.91 Å². The first-order valence-corrected chi connectivity index (χ1v) is 9.10. The molecule has 1 aromatic rings. The Bertz CT molecular complexity index is 544. The van der Waals surface area contributed by atoms with Crippen molar-refractivity contribution in [3.63, 3.8) is 0 Å². The Labute approximate surface area is 145 Å². The normalized spacial score (nSPS) is 19.5. The molecule has 0 radical (unpaired) electrons.